The molecule has 2 aromatic carbocycles. The maximum absolute atomic E-state index is 13.0. The van der Waals surface area contributed by atoms with Crippen LogP contribution in [0, 0.1) is 0 Å². The van der Waals surface area contributed by atoms with Crippen LogP contribution in [0.25, 0.3) is 22.4 Å². The minimum atomic E-state index is -1.48. The van der Waals surface area contributed by atoms with Crippen LogP contribution in [0.1, 0.15) is 5.89 Å². The summed E-state index contributed by atoms with van der Waals surface area (Å²) >= 11 is 3.53. The van der Waals surface area contributed by atoms with Gasteiger partial charge in [-0.15, -0.1) is 10.2 Å². The highest BCUT2D eigenvalue weighted by atomic mass is 79.9. The highest BCUT2D eigenvalue weighted by Gasteiger charge is 2.21. The molecule has 1 aliphatic rings. The Hall–Kier alpha value is -2.21. The van der Waals surface area contributed by atoms with E-state index in [9.17, 15) is 8.42 Å². The summed E-state index contributed by atoms with van der Waals surface area (Å²) in [5.74, 6) is 2.23. The Bertz CT molecular complexity index is 1280. The summed E-state index contributed by atoms with van der Waals surface area (Å²) in [5.41, 5.74) is 1.42. The fourth-order valence-corrected chi connectivity index (χ4v) is 6.09. The van der Waals surface area contributed by atoms with Gasteiger partial charge >= 0.3 is 0 Å². The summed E-state index contributed by atoms with van der Waals surface area (Å²) < 4.78 is 32.8. The number of fused-ring (bicyclic) bond motifs is 1. The molecule has 31 heavy (non-hydrogen) atoms. The number of aromatic nitrogens is 4. The first-order chi connectivity index (χ1) is 15.1. The van der Waals surface area contributed by atoms with Gasteiger partial charge in [0.2, 0.25) is 11.8 Å². The minimum absolute atomic E-state index is 0.381. The molecule has 160 valence electrons. The quantitative estimate of drug-likeness (QED) is 0.400. The Morgan fingerprint density at radius 3 is 2.68 bits per heavy atom. The second kappa shape index (κ2) is 8.73. The van der Waals surface area contributed by atoms with Gasteiger partial charge in [-0.2, -0.15) is 9.19 Å². The number of hydrogen-bond acceptors (Lipinski definition) is 7. The van der Waals surface area contributed by atoms with Crippen LogP contribution in [0.5, 0.6) is 0 Å². The highest BCUT2D eigenvalue weighted by molar-refractivity contribution is 9.10. The van der Waals surface area contributed by atoms with Gasteiger partial charge in [0.25, 0.3) is 0 Å². The van der Waals surface area contributed by atoms with Gasteiger partial charge in [0.15, 0.2) is 11.0 Å². The zero-order chi connectivity index (χ0) is 21.4. The number of hydrogen-bond donors (Lipinski definition) is 0. The Balaban J connectivity index is 1.47. The molecule has 0 amide bonds. The smallest absolute Gasteiger partial charge is 0.248 e. The highest BCUT2D eigenvalue weighted by Crippen LogP contribution is 2.32. The van der Waals surface area contributed by atoms with E-state index in [1.54, 1.807) is 6.20 Å². The van der Waals surface area contributed by atoms with Crippen molar-refractivity contribution in [3.05, 3.63) is 59.0 Å². The lowest BCUT2D eigenvalue weighted by molar-refractivity contribution is 0.261. The number of halogens is 1. The van der Waals surface area contributed by atoms with Gasteiger partial charge in [0.05, 0.1) is 28.7 Å². The summed E-state index contributed by atoms with van der Waals surface area (Å²) in [6, 6.07) is 13.0. The SMILES string of the molecule is O=S1CCN(Cc2nnc(-c3cc(Br)cc4c3cnn4S(=O)c3ccccc3)o2)CC1. The first-order valence-corrected chi connectivity index (χ1v) is 13.0. The van der Waals surface area contributed by atoms with E-state index in [0.717, 1.165) is 28.5 Å². The topological polar surface area (TPSA) is 94.1 Å². The van der Waals surface area contributed by atoms with E-state index >= 15 is 0 Å². The summed E-state index contributed by atoms with van der Waals surface area (Å²) in [6.07, 6.45) is 1.67. The van der Waals surface area contributed by atoms with E-state index in [0.29, 0.717) is 40.2 Å². The first kappa shape index (κ1) is 20.7. The van der Waals surface area contributed by atoms with Gasteiger partial charge in [-0.05, 0) is 24.3 Å². The van der Waals surface area contributed by atoms with Gasteiger partial charge < -0.3 is 4.42 Å². The summed E-state index contributed by atoms with van der Waals surface area (Å²) in [4.78, 5) is 2.83. The van der Waals surface area contributed by atoms with Gasteiger partial charge in [-0.25, -0.2) is 4.21 Å². The van der Waals surface area contributed by atoms with Crippen LogP contribution in [0.3, 0.4) is 0 Å². The van der Waals surface area contributed by atoms with E-state index in [1.165, 1.54) is 4.09 Å². The second-order valence-electron chi connectivity index (χ2n) is 7.09. The molecule has 1 saturated heterocycles. The molecule has 2 aromatic heterocycles. The predicted molar refractivity (Wildman–Crippen MR) is 122 cm³/mol. The third-order valence-corrected chi connectivity index (χ3v) is 8.06. The number of nitrogens with zero attached hydrogens (tertiary/aromatic N) is 5. The molecule has 1 fully saturated rings. The second-order valence-corrected chi connectivity index (χ2v) is 11.0. The molecule has 0 saturated carbocycles. The van der Waals surface area contributed by atoms with Crippen LogP contribution < -0.4 is 0 Å². The van der Waals surface area contributed by atoms with Gasteiger partial charge in [-0.1, -0.05) is 34.1 Å². The minimum Gasteiger partial charge on any atom is -0.419 e. The fraction of sp³-hybridized carbons (Fsp3) is 0.250. The van der Waals surface area contributed by atoms with E-state index in [4.69, 9.17) is 4.42 Å². The molecule has 1 atom stereocenters. The van der Waals surface area contributed by atoms with Crippen molar-refractivity contribution >= 4 is 48.6 Å². The fourth-order valence-electron chi connectivity index (χ4n) is 3.47. The first-order valence-electron chi connectivity index (χ1n) is 9.63. The lowest BCUT2D eigenvalue weighted by Gasteiger charge is -2.24. The molecule has 11 heteroatoms. The molecule has 0 radical (unpaired) electrons. The molecule has 3 heterocycles. The average molecular weight is 520 g/mol. The van der Waals surface area contributed by atoms with Gasteiger partial charge in [0, 0.05) is 45.3 Å². The van der Waals surface area contributed by atoms with Gasteiger partial charge in [0.1, 0.15) is 0 Å². The average Bonchev–Trinajstić information content (AvgIpc) is 3.42. The van der Waals surface area contributed by atoms with E-state index < -0.39 is 21.8 Å². The Kier molecular flexibility index (Phi) is 5.83. The monoisotopic (exact) mass is 519 g/mol. The Morgan fingerprint density at radius 2 is 1.90 bits per heavy atom. The van der Waals surface area contributed by atoms with Crippen molar-refractivity contribution in [2.24, 2.45) is 0 Å². The molecule has 0 bridgehead atoms. The zero-order valence-corrected chi connectivity index (χ0v) is 19.5. The summed E-state index contributed by atoms with van der Waals surface area (Å²) in [5, 5.41) is 13.6. The van der Waals surface area contributed by atoms with Crippen LogP contribution in [0.4, 0.5) is 0 Å². The molecule has 1 aliphatic heterocycles. The molecule has 5 rings (SSSR count). The van der Waals surface area contributed by atoms with Crippen molar-refractivity contribution < 1.29 is 12.8 Å². The van der Waals surface area contributed by atoms with E-state index in [1.807, 2.05) is 42.5 Å². The van der Waals surface area contributed by atoms with Crippen molar-refractivity contribution in [3.63, 3.8) is 0 Å². The standard InChI is InChI=1S/C20H18BrN5O3S2/c21-14-10-16(20-24-23-19(29-20)13-25-6-8-30(27)9-7-25)17-12-22-26(18(17)11-14)31(28)15-4-2-1-3-5-15/h1-5,10-12H,6-9,13H2. The maximum Gasteiger partial charge on any atom is 0.248 e. The maximum atomic E-state index is 13.0. The third-order valence-electron chi connectivity index (χ3n) is 5.05. The lowest BCUT2D eigenvalue weighted by Crippen LogP contribution is -2.37. The molecular weight excluding hydrogens is 502 g/mol. The number of rotatable bonds is 5. The van der Waals surface area contributed by atoms with Crippen molar-refractivity contribution in [1.82, 2.24) is 24.3 Å². The summed E-state index contributed by atoms with van der Waals surface area (Å²) in [6.45, 7) is 2.03. The molecule has 0 spiro atoms. The molecular formula is C20H18BrN5O3S2. The van der Waals surface area contributed by atoms with Crippen LogP contribution >= 0.6 is 15.9 Å². The van der Waals surface area contributed by atoms with Crippen LogP contribution in [-0.2, 0) is 28.3 Å². The van der Waals surface area contributed by atoms with E-state index in [2.05, 4.69) is 36.1 Å². The van der Waals surface area contributed by atoms with Crippen molar-refractivity contribution in [1.29, 1.82) is 0 Å². The molecule has 0 aliphatic carbocycles. The lowest BCUT2D eigenvalue weighted by atomic mass is 10.1. The number of benzene rings is 2. The summed E-state index contributed by atoms with van der Waals surface area (Å²) in [7, 11) is -2.20. The van der Waals surface area contributed by atoms with Crippen LogP contribution in [-0.4, -0.2) is 57.3 Å². The molecule has 8 nitrogen and oxygen atoms in total. The van der Waals surface area contributed by atoms with E-state index in [-0.39, 0.29) is 0 Å². The van der Waals surface area contributed by atoms with Crippen LogP contribution in [0.15, 0.2) is 62.4 Å². The van der Waals surface area contributed by atoms with Crippen molar-refractivity contribution in [3.8, 4) is 11.5 Å². The molecule has 0 N–H and O–H groups in total. The molecule has 4 aromatic rings. The molecule has 1 unspecified atom stereocenters. The van der Waals surface area contributed by atoms with Crippen molar-refractivity contribution in [2.75, 3.05) is 24.6 Å². The third kappa shape index (κ3) is 4.27. The van der Waals surface area contributed by atoms with Gasteiger partial charge in [-0.3, -0.25) is 9.11 Å². The largest absolute Gasteiger partial charge is 0.419 e. The zero-order valence-electron chi connectivity index (χ0n) is 16.3. The Morgan fingerprint density at radius 1 is 1.13 bits per heavy atom. The normalized spacial score (nSPS) is 16.7. The van der Waals surface area contributed by atoms with Crippen LogP contribution in [0.2, 0.25) is 0 Å². The Labute approximate surface area is 191 Å². The van der Waals surface area contributed by atoms with Crippen molar-refractivity contribution in [2.45, 2.75) is 11.4 Å². The predicted octanol–water partition coefficient (Wildman–Crippen LogP) is 2.98.